The summed E-state index contributed by atoms with van der Waals surface area (Å²) in [4.78, 5) is 0.760. The van der Waals surface area contributed by atoms with E-state index in [0.29, 0.717) is 18.0 Å². The number of anilines is 1. The van der Waals surface area contributed by atoms with Gasteiger partial charge in [-0.1, -0.05) is 6.07 Å². The van der Waals surface area contributed by atoms with E-state index >= 15 is 0 Å². The molecule has 0 bridgehead atoms. The van der Waals surface area contributed by atoms with Crippen LogP contribution < -0.4 is 10.5 Å². The van der Waals surface area contributed by atoms with Crippen LogP contribution in [-0.2, 0) is 0 Å². The number of hydrogen-bond acceptors (Lipinski definition) is 3. The van der Waals surface area contributed by atoms with Crippen molar-refractivity contribution in [2.24, 2.45) is 0 Å². The van der Waals surface area contributed by atoms with Crippen molar-refractivity contribution in [2.75, 3.05) is 12.3 Å². The second-order valence-electron chi connectivity index (χ2n) is 2.12. The van der Waals surface area contributed by atoms with Gasteiger partial charge in [0.2, 0.25) is 0 Å². The quantitative estimate of drug-likeness (QED) is 0.575. The predicted molar refractivity (Wildman–Crippen MR) is 56.5 cm³/mol. The van der Waals surface area contributed by atoms with E-state index in [0.717, 1.165) is 4.90 Å². The van der Waals surface area contributed by atoms with Gasteiger partial charge in [-0.2, -0.15) is 0 Å². The fourth-order valence-electron chi connectivity index (χ4n) is 0.814. The molecule has 68 valence electrons. The summed E-state index contributed by atoms with van der Waals surface area (Å²) < 4.78 is 5.24. The predicted octanol–water partition coefficient (Wildman–Crippen LogP) is 2.38. The van der Waals surface area contributed by atoms with Gasteiger partial charge in [-0.25, -0.2) is 0 Å². The van der Waals surface area contributed by atoms with Crippen LogP contribution in [0.25, 0.3) is 0 Å². The van der Waals surface area contributed by atoms with Crippen LogP contribution in [0.15, 0.2) is 23.1 Å². The Balaban J connectivity index is 0.00000121. The number of benzene rings is 1. The standard InChI is InChI=1S/C8H11NOS.ClH/c1-2-10-6-4-3-5-7(11)8(6)9;/h3-5,11H,2,9H2,1H3;1H. The van der Waals surface area contributed by atoms with Crippen LogP contribution in [0.5, 0.6) is 5.75 Å². The maximum Gasteiger partial charge on any atom is 0.143 e. The van der Waals surface area contributed by atoms with Crippen LogP contribution >= 0.6 is 25.0 Å². The molecule has 0 aromatic heterocycles. The van der Waals surface area contributed by atoms with Crippen molar-refractivity contribution in [3.05, 3.63) is 18.2 Å². The summed E-state index contributed by atoms with van der Waals surface area (Å²) in [7, 11) is 0. The third-order valence-electron chi connectivity index (χ3n) is 1.34. The highest BCUT2D eigenvalue weighted by molar-refractivity contribution is 7.80. The van der Waals surface area contributed by atoms with Gasteiger partial charge in [-0.15, -0.1) is 25.0 Å². The summed E-state index contributed by atoms with van der Waals surface area (Å²) in [5.74, 6) is 0.708. The molecule has 1 aromatic rings. The maximum absolute atomic E-state index is 5.67. The first-order chi connectivity index (χ1) is 5.25. The van der Waals surface area contributed by atoms with E-state index in [1.54, 1.807) is 0 Å². The van der Waals surface area contributed by atoms with Gasteiger partial charge in [0.25, 0.3) is 0 Å². The van der Waals surface area contributed by atoms with Crippen molar-refractivity contribution in [3.63, 3.8) is 0 Å². The lowest BCUT2D eigenvalue weighted by Crippen LogP contribution is -1.96. The molecule has 4 heteroatoms. The summed E-state index contributed by atoms with van der Waals surface area (Å²) in [5.41, 5.74) is 6.28. The lowest BCUT2D eigenvalue weighted by Gasteiger charge is -2.07. The van der Waals surface area contributed by atoms with E-state index < -0.39 is 0 Å². The monoisotopic (exact) mass is 205 g/mol. The first-order valence-corrected chi connectivity index (χ1v) is 3.90. The van der Waals surface area contributed by atoms with Crippen molar-refractivity contribution in [2.45, 2.75) is 11.8 Å². The van der Waals surface area contributed by atoms with E-state index in [-0.39, 0.29) is 12.4 Å². The molecule has 0 atom stereocenters. The van der Waals surface area contributed by atoms with Crippen LogP contribution in [-0.4, -0.2) is 6.61 Å². The highest BCUT2D eigenvalue weighted by Gasteiger charge is 2.00. The first-order valence-electron chi connectivity index (χ1n) is 3.46. The minimum Gasteiger partial charge on any atom is -0.492 e. The normalized spacial score (nSPS) is 8.83. The summed E-state index contributed by atoms with van der Waals surface area (Å²) in [6.45, 7) is 2.55. The Morgan fingerprint density at radius 1 is 1.50 bits per heavy atom. The Morgan fingerprint density at radius 3 is 2.75 bits per heavy atom. The van der Waals surface area contributed by atoms with Crippen LogP contribution in [0.4, 0.5) is 5.69 Å². The number of rotatable bonds is 2. The van der Waals surface area contributed by atoms with Crippen LogP contribution in [0.2, 0.25) is 0 Å². The van der Waals surface area contributed by atoms with Crippen molar-refractivity contribution in [1.29, 1.82) is 0 Å². The zero-order valence-corrected chi connectivity index (χ0v) is 8.49. The molecule has 0 heterocycles. The summed E-state index contributed by atoms with van der Waals surface area (Å²) in [6, 6.07) is 5.53. The zero-order valence-electron chi connectivity index (χ0n) is 6.78. The number of thiol groups is 1. The van der Waals surface area contributed by atoms with Gasteiger partial charge in [-0.3, -0.25) is 0 Å². The molecule has 0 aliphatic rings. The number of halogens is 1. The Labute approximate surface area is 83.9 Å². The number of nitrogen functional groups attached to an aromatic ring is 1. The van der Waals surface area contributed by atoms with Crippen LogP contribution in [0.1, 0.15) is 6.92 Å². The molecular weight excluding hydrogens is 194 g/mol. The fourth-order valence-corrected chi connectivity index (χ4v) is 1.01. The second kappa shape index (κ2) is 5.17. The second-order valence-corrected chi connectivity index (χ2v) is 2.60. The fraction of sp³-hybridized carbons (Fsp3) is 0.250. The Morgan fingerprint density at radius 2 is 2.17 bits per heavy atom. The first kappa shape index (κ1) is 11.5. The molecule has 0 fully saturated rings. The molecule has 2 nitrogen and oxygen atoms in total. The highest BCUT2D eigenvalue weighted by atomic mass is 35.5. The number of nitrogens with two attached hydrogens (primary N) is 1. The summed E-state index contributed by atoms with van der Waals surface area (Å²) >= 11 is 4.16. The molecule has 1 rings (SSSR count). The minimum atomic E-state index is 0. The minimum absolute atomic E-state index is 0. The third kappa shape index (κ3) is 2.50. The van der Waals surface area contributed by atoms with Gasteiger partial charge in [0.05, 0.1) is 12.3 Å². The summed E-state index contributed by atoms with van der Waals surface area (Å²) in [5, 5.41) is 0. The van der Waals surface area contributed by atoms with E-state index in [1.165, 1.54) is 0 Å². The maximum atomic E-state index is 5.67. The number of ether oxygens (including phenoxy) is 1. The average Bonchev–Trinajstić information content (AvgIpc) is 1.99. The van der Waals surface area contributed by atoms with Crippen LogP contribution in [0.3, 0.4) is 0 Å². The molecule has 0 saturated heterocycles. The van der Waals surface area contributed by atoms with Gasteiger partial charge in [0, 0.05) is 4.90 Å². The Kier molecular flexibility index (Phi) is 4.93. The van der Waals surface area contributed by atoms with E-state index in [1.807, 2.05) is 25.1 Å². The van der Waals surface area contributed by atoms with Crippen LogP contribution in [0, 0.1) is 0 Å². The van der Waals surface area contributed by atoms with Gasteiger partial charge in [0.1, 0.15) is 5.75 Å². The number of para-hydroxylation sites is 1. The molecule has 0 aliphatic carbocycles. The lowest BCUT2D eigenvalue weighted by molar-refractivity contribution is 0.341. The molecule has 2 N–H and O–H groups in total. The molecule has 0 radical (unpaired) electrons. The molecular formula is C8H12ClNOS. The molecule has 0 amide bonds. The van der Waals surface area contributed by atoms with Gasteiger partial charge < -0.3 is 10.5 Å². The average molecular weight is 206 g/mol. The topological polar surface area (TPSA) is 35.2 Å². The Hall–Kier alpha value is -0.540. The van der Waals surface area contributed by atoms with Gasteiger partial charge in [-0.05, 0) is 19.1 Å². The van der Waals surface area contributed by atoms with Crippen molar-refractivity contribution in [1.82, 2.24) is 0 Å². The van der Waals surface area contributed by atoms with Gasteiger partial charge >= 0.3 is 0 Å². The molecule has 0 aliphatic heterocycles. The van der Waals surface area contributed by atoms with E-state index in [2.05, 4.69) is 12.6 Å². The van der Waals surface area contributed by atoms with E-state index in [9.17, 15) is 0 Å². The SMILES string of the molecule is CCOc1cccc(S)c1N.Cl. The van der Waals surface area contributed by atoms with Crippen molar-refractivity contribution >= 4 is 30.7 Å². The molecule has 0 unspecified atom stereocenters. The molecule has 1 aromatic carbocycles. The highest BCUT2D eigenvalue weighted by Crippen LogP contribution is 2.27. The number of hydrogen-bond donors (Lipinski definition) is 2. The largest absolute Gasteiger partial charge is 0.492 e. The molecule has 0 spiro atoms. The Bertz CT molecular complexity index is 255. The third-order valence-corrected chi connectivity index (χ3v) is 1.73. The van der Waals surface area contributed by atoms with Crippen molar-refractivity contribution in [3.8, 4) is 5.75 Å². The van der Waals surface area contributed by atoms with Crippen molar-refractivity contribution < 1.29 is 4.74 Å². The molecule has 12 heavy (non-hydrogen) atoms. The smallest absolute Gasteiger partial charge is 0.143 e. The van der Waals surface area contributed by atoms with Gasteiger partial charge in [0.15, 0.2) is 0 Å². The molecule has 0 saturated carbocycles. The summed E-state index contributed by atoms with van der Waals surface area (Å²) in [6.07, 6.45) is 0. The lowest BCUT2D eigenvalue weighted by atomic mass is 10.3. The zero-order chi connectivity index (χ0) is 8.27. The van der Waals surface area contributed by atoms with E-state index in [4.69, 9.17) is 10.5 Å².